The number of quaternary nitrogens is 1. The van der Waals surface area contributed by atoms with Gasteiger partial charge in [-0.3, -0.25) is 14.2 Å². The first kappa shape index (κ1) is 48.5. The Morgan fingerprint density at radius 2 is 1.08 bits per heavy atom. The Morgan fingerprint density at radius 3 is 1.54 bits per heavy atom. The third-order valence-electron chi connectivity index (χ3n) is 8.65. The molecule has 0 rings (SSSR count). The smallest absolute Gasteiger partial charge is 0.306 e. The molecule has 0 aliphatic heterocycles. The second-order valence-corrected chi connectivity index (χ2v) is 16.1. The van der Waals surface area contributed by atoms with Crippen LogP contribution in [0.25, 0.3) is 0 Å². The predicted molar refractivity (Wildman–Crippen MR) is 200 cm³/mol. The lowest BCUT2D eigenvalue weighted by molar-refractivity contribution is -0.870. The second kappa shape index (κ2) is 33.4. The number of carbonyl (C=O) groups is 2. The van der Waals surface area contributed by atoms with Crippen molar-refractivity contribution in [2.75, 3.05) is 54.1 Å². The first-order chi connectivity index (χ1) is 24.0. The minimum atomic E-state index is -4.62. The van der Waals surface area contributed by atoms with E-state index in [0.29, 0.717) is 17.4 Å². The highest BCUT2D eigenvalue weighted by Gasteiger charge is 2.21. The number of phosphoric ester groups is 1. The highest BCUT2D eigenvalue weighted by molar-refractivity contribution is 7.45. The van der Waals surface area contributed by atoms with Crippen LogP contribution in [0.4, 0.5) is 0 Å². The molecule has 0 aromatic heterocycles. The maximum atomic E-state index is 12.6. The Kier molecular flexibility index (Phi) is 32.4. The maximum Gasteiger partial charge on any atom is 0.306 e. The predicted octanol–water partition coefficient (Wildman–Crippen LogP) is 9.58. The first-order valence-corrected chi connectivity index (χ1v) is 21.4. The summed E-state index contributed by atoms with van der Waals surface area (Å²) in [6, 6.07) is 0. The summed E-state index contributed by atoms with van der Waals surface area (Å²) in [6.45, 7) is 6.25. The van der Waals surface area contributed by atoms with Gasteiger partial charge in [0.25, 0.3) is 7.82 Å². The molecular weight excluding hydrogens is 657 g/mol. The lowest BCUT2D eigenvalue weighted by atomic mass is 10.0. The third kappa shape index (κ3) is 36.3. The zero-order valence-corrected chi connectivity index (χ0v) is 33.5. The summed E-state index contributed by atoms with van der Waals surface area (Å²) in [5.41, 5.74) is 0. The summed E-state index contributed by atoms with van der Waals surface area (Å²) >= 11 is 0. The van der Waals surface area contributed by atoms with Gasteiger partial charge in [-0.25, -0.2) is 0 Å². The molecule has 0 bridgehead atoms. The van der Waals surface area contributed by atoms with Crippen LogP contribution in [0.15, 0.2) is 12.8 Å². The molecule has 0 fully saturated rings. The summed E-state index contributed by atoms with van der Waals surface area (Å²) in [4.78, 5) is 37.4. The average molecular weight is 734 g/mol. The largest absolute Gasteiger partial charge is 0.756 e. The van der Waals surface area contributed by atoms with Gasteiger partial charge in [0.2, 0.25) is 0 Å². The van der Waals surface area contributed by atoms with E-state index in [1.165, 1.54) is 103 Å². The van der Waals surface area contributed by atoms with E-state index in [1.54, 1.807) is 0 Å². The zero-order valence-electron chi connectivity index (χ0n) is 32.6. The van der Waals surface area contributed by atoms with Gasteiger partial charge in [0, 0.05) is 12.8 Å². The summed E-state index contributed by atoms with van der Waals surface area (Å²) in [5, 5.41) is 0. The van der Waals surface area contributed by atoms with E-state index in [4.69, 9.17) is 23.3 Å². The zero-order chi connectivity index (χ0) is 37.2. The average Bonchev–Trinajstić information content (AvgIpc) is 3.06. The van der Waals surface area contributed by atoms with Crippen molar-refractivity contribution < 1.29 is 46.8 Å². The van der Waals surface area contributed by atoms with Crippen LogP contribution < -0.4 is 4.89 Å². The molecule has 0 saturated heterocycles. The van der Waals surface area contributed by atoms with Crippen LogP contribution in [0.2, 0.25) is 0 Å². The number of rotatable bonds is 38. The molecule has 0 amide bonds. The number of ether oxygens (including phenoxy) is 3. The van der Waals surface area contributed by atoms with Gasteiger partial charge in [0.1, 0.15) is 19.8 Å². The lowest BCUT2D eigenvalue weighted by Gasteiger charge is -2.28. The Morgan fingerprint density at radius 1 is 0.640 bits per heavy atom. The molecular formula is C39H76NO9P. The van der Waals surface area contributed by atoms with Gasteiger partial charge < -0.3 is 32.6 Å². The Hall–Kier alpha value is -1.45. The summed E-state index contributed by atoms with van der Waals surface area (Å²) < 4.78 is 38.9. The molecule has 0 radical (unpaired) electrons. The van der Waals surface area contributed by atoms with Gasteiger partial charge in [-0.05, 0) is 19.3 Å². The number of likely N-dealkylation sites (N-methyl/N-ethyl adjacent to an activating group) is 1. The normalized spacial score (nSPS) is 13.5. The standard InChI is InChI=1S/C39H76NO9P/c1-6-8-9-10-11-12-13-14-15-18-21-24-27-30-38(41)46-35-37(36-48-50(43,44)47-34-32-40(3,4)5)49-39(42)31-28-25-22-19-16-17-20-23-26-29-33-45-7-2/h7,37H,2,6,8-36H2,1,3-5H3. The van der Waals surface area contributed by atoms with Gasteiger partial charge >= 0.3 is 11.9 Å². The van der Waals surface area contributed by atoms with Crippen LogP contribution in [-0.4, -0.2) is 76.6 Å². The first-order valence-electron chi connectivity index (χ1n) is 20.0. The molecule has 2 atom stereocenters. The van der Waals surface area contributed by atoms with E-state index in [1.807, 2.05) is 21.1 Å². The minimum Gasteiger partial charge on any atom is -0.756 e. The molecule has 296 valence electrons. The van der Waals surface area contributed by atoms with Crippen LogP contribution >= 0.6 is 7.82 Å². The monoisotopic (exact) mass is 734 g/mol. The van der Waals surface area contributed by atoms with E-state index in [-0.39, 0.29) is 32.0 Å². The van der Waals surface area contributed by atoms with E-state index >= 15 is 0 Å². The SMILES string of the molecule is C=COCCCCCCCCCCCCC(=O)OC(COC(=O)CCCCCCCCCCCCCCC)COP(=O)([O-])OCC[N+](C)(C)C. The van der Waals surface area contributed by atoms with Gasteiger partial charge in [-0.1, -0.05) is 142 Å². The van der Waals surface area contributed by atoms with Gasteiger partial charge in [-0.15, -0.1) is 0 Å². The fourth-order valence-corrected chi connectivity index (χ4v) is 6.23. The van der Waals surface area contributed by atoms with Crippen molar-refractivity contribution in [3.63, 3.8) is 0 Å². The number of nitrogens with zero attached hydrogens (tertiary/aromatic N) is 1. The quantitative estimate of drug-likeness (QED) is 0.0201. The topological polar surface area (TPSA) is 120 Å². The number of hydrogen-bond acceptors (Lipinski definition) is 9. The van der Waals surface area contributed by atoms with Crippen LogP contribution in [0.3, 0.4) is 0 Å². The van der Waals surface area contributed by atoms with Crippen molar-refractivity contribution >= 4 is 19.8 Å². The number of hydrogen-bond donors (Lipinski definition) is 0. The highest BCUT2D eigenvalue weighted by Crippen LogP contribution is 2.38. The molecule has 2 unspecified atom stereocenters. The fourth-order valence-electron chi connectivity index (χ4n) is 5.50. The van der Waals surface area contributed by atoms with Crippen molar-refractivity contribution in [1.29, 1.82) is 0 Å². The van der Waals surface area contributed by atoms with Crippen LogP contribution in [-0.2, 0) is 37.4 Å². The molecule has 0 spiro atoms. The molecule has 0 heterocycles. The lowest BCUT2D eigenvalue weighted by Crippen LogP contribution is -2.37. The summed E-state index contributed by atoms with van der Waals surface area (Å²) in [7, 11) is 1.15. The molecule has 11 heteroatoms. The van der Waals surface area contributed by atoms with Gasteiger partial charge in [-0.2, -0.15) is 0 Å². The highest BCUT2D eigenvalue weighted by atomic mass is 31.2. The Labute approximate surface area is 306 Å². The summed E-state index contributed by atoms with van der Waals surface area (Å²) in [6.07, 6.45) is 27.7. The van der Waals surface area contributed by atoms with Crippen molar-refractivity contribution in [3.8, 4) is 0 Å². The molecule has 0 aliphatic carbocycles. The number of esters is 2. The van der Waals surface area contributed by atoms with Crippen molar-refractivity contribution in [3.05, 3.63) is 12.8 Å². The molecule has 0 N–H and O–H groups in total. The number of unbranched alkanes of at least 4 members (excludes halogenated alkanes) is 21. The van der Waals surface area contributed by atoms with Crippen LogP contribution in [0.1, 0.15) is 167 Å². The summed E-state index contributed by atoms with van der Waals surface area (Å²) in [5.74, 6) is -0.849. The van der Waals surface area contributed by atoms with Crippen LogP contribution in [0.5, 0.6) is 0 Å². The van der Waals surface area contributed by atoms with Crippen molar-refractivity contribution in [2.24, 2.45) is 0 Å². The Bertz CT molecular complexity index is 865. The second-order valence-electron chi connectivity index (χ2n) is 14.7. The third-order valence-corrected chi connectivity index (χ3v) is 9.62. The van der Waals surface area contributed by atoms with E-state index < -0.39 is 26.5 Å². The Balaban J connectivity index is 4.37. The minimum absolute atomic E-state index is 0.0334. The number of phosphoric acid groups is 1. The molecule has 0 aliphatic rings. The van der Waals surface area contributed by atoms with Gasteiger partial charge in [0.05, 0.1) is 40.6 Å². The van der Waals surface area contributed by atoms with E-state index in [9.17, 15) is 19.0 Å². The van der Waals surface area contributed by atoms with E-state index in [2.05, 4.69) is 13.5 Å². The van der Waals surface area contributed by atoms with Crippen molar-refractivity contribution in [2.45, 2.75) is 174 Å². The van der Waals surface area contributed by atoms with Crippen LogP contribution in [0, 0.1) is 0 Å². The molecule has 10 nitrogen and oxygen atoms in total. The molecule has 0 aromatic carbocycles. The molecule has 50 heavy (non-hydrogen) atoms. The fraction of sp³-hybridized carbons (Fsp3) is 0.897. The van der Waals surface area contributed by atoms with E-state index in [0.717, 1.165) is 51.6 Å². The van der Waals surface area contributed by atoms with Crippen molar-refractivity contribution in [1.82, 2.24) is 0 Å². The molecule has 0 saturated carbocycles. The maximum absolute atomic E-state index is 12.6. The number of carbonyl (C=O) groups excluding carboxylic acids is 2. The van der Waals surface area contributed by atoms with Gasteiger partial charge in [0.15, 0.2) is 6.10 Å². The molecule has 0 aromatic rings.